The van der Waals surface area contributed by atoms with E-state index in [1.807, 2.05) is 0 Å². The van der Waals surface area contributed by atoms with E-state index in [4.69, 9.17) is 14.0 Å². The molecule has 0 saturated carbocycles. The van der Waals surface area contributed by atoms with E-state index in [1.54, 1.807) is 44.4 Å². The third kappa shape index (κ3) is 4.52. The van der Waals surface area contributed by atoms with Crippen LogP contribution in [0.15, 0.2) is 47.0 Å². The molecule has 9 heteroatoms. The lowest BCUT2D eigenvalue weighted by Crippen LogP contribution is -2.15. The minimum absolute atomic E-state index is 0.0427. The summed E-state index contributed by atoms with van der Waals surface area (Å²) in [6, 6.07) is 11.2. The number of nitrogens with zero attached hydrogens (tertiary/aromatic N) is 2. The lowest BCUT2D eigenvalue weighted by atomic mass is 10.1. The highest BCUT2D eigenvalue weighted by molar-refractivity contribution is 5.93. The highest BCUT2D eigenvalue weighted by Crippen LogP contribution is 2.32. The molecular formula is C20H19N3O6. The van der Waals surface area contributed by atoms with E-state index in [0.717, 1.165) is 11.1 Å². The highest BCUT2D eigenvalue weighted by Gasteiger charge is 2.15. The van der Waals surface area contributed by atoms with Crippen LogP contribution in [-0.2, 0) is 11.2 Å². The summed E-state index contributed by atoms with van der Waals surface area (Å²) in [6.07, 6.45) is -0.0427. The molecule has 0 radical (unpaired) electrons. The molecule has 1 aromatic heterocycles. The largest absolute Gasteiger partial charge is 0.493 e. The fraction of sp³-hybridized carbons (Fsp3) is 0.200. The van der Waals surface area contributed by atoms with Crippen LogP contribution in [0.1, 0.15) is 11.3 Å². The van der Waals surface area contributed by atoms with Gasteiger partial charge in [0, 0.05) is 23.8 Å². The average molecular weight is 397 g/mol. The van der Waals surface area contributed by atoms with E-state index in [9.17, 15) is 14.9 Å². The number of hydrogen-bond acceptors (Lipinski definition) is 7. The van der Waals surface area contributed by atoms with Crippen molar-refractivity contribution in [1.29, 1.82) is 0 Å². The summed E-state index contributed by atoms with van der Waals surface area (Å²) in [5.74, 6) is 1.24. The summed E-state index contributed by atoms with van der Waals surface area (Å²) in [4.78, 5) is 22.8. The molecule has 0 unspecified atom stereocenters. The van der Waals surface area contributed by atoms with Crippen molar-refractivity contribution < 1.29 is 23.7 Å². The zero-order valence-corrected chi connectivity index (χ0v) is 16.1. The van der Waals surface area contributed by atoms with Crippen molar-refractivity contribution in [2.75, 3.05) is 19.5 Å². The smallest absolute Gasteiger partial charge is 0.271 e. The first-order valence-electron chi connectivity index (χ1n) is 8.64. The first-order chi connectivity index (χ1) is 13.9. The number of amides is 1. The standard InChI is InChI=1S/C20H19N3O6/c1-12-4-6-15(23(25)26)11-16(12)21-20(24)10-14-9-18(29-22-14)13-5-7-17(27-2)19(8-13)28-3/h4-9,11H,10H2,1-3H3,(H,21,24). The van der Waals surface area contributed by atoms with Crippen molar-refractivity contribution in [3.8, 4) is 22.8 Å². The maximum atomic E-state index is 12.3. The molecular weight excluding hydrogens is 378 g/mol. The number of rotatable bonds is 7. The summed E-state index contributed by atoms with van der Waals surface area (Å²) in [6.45, 7) is 1.75. The number of methoxy groups -OCH3 is 2. The Morgan fingerprint density at radius 2 is 1.90 bits per heavy atom. The number of anilines is 1. The van der Waals surface area contributed by atoms with Gasteiger partial charge in [0.15, 0.2) is 17.3 Å². The normalized spacial score (nSPS) is 10.4. The second-order valence-electron chi connectivity index (χ2n) is 6.23. The Morgan fingerprint density at radius 1 is 1.14 bits per heavy atom. The van der Waals surface area contributed by atoms with Crippen LogP contribution < -0.4 is 14.8 Å². The number of carbonyl (C=O) groups excluding carboxylic acids is 1. The van der Waals surface area contributed by atoms with Crippen molar-refractivity contribution in [3.63, 3.8) is 0 Å². The monoisotopic (exact) mass is 397 g/mol. The van der Waals surface area contributed by atoms with Gasteiger partial charge in [0.1, 0.15) is 0 Å². The number of nitrogens with one attached hydrogen (secondary N) is 1. The number of aryl methyl sites for hydroxylation is 1. The molecule has 0 bridgehead atoms. The molecule has 2 aromatic carbocycles. The second-order valence-corrected chi connectivity index (χ2v) is 6.23. The van der Waals surface area contributed by atoms with Gasteiger partial charge in [0.2, 0.25) is 5.91 Å². The van der Waals surface area contributed by atoms with Gasteiger partial charge in [0.25, 0.3) is 5.69 Å². The van der Waals surface area contributed by atoms with Crippen LogP contribution in [-0.4, -0.2) is 30.2 Å². The van der Waals surface area contributed by atoms with Crippen molar-refractivity contribution >= 4 is 17.3 Å². The lowest BCUT2D eigenvalue weighted by molar-refractivity contribution is -0.384. The molecule has 150 valence electrons. The fourth-order valence-electron chi connectivity index (χ4n) is 2.74. The predicted octanol–water partition coefficient (Wildman–Crippen LogP) is 3.76. The molecule has 3 aromatic rings. The number of benzene rings is 2. The number of nitro groups is 1. The van der Waals surface area contributed by atoms with Crippen molar-refractivity contribution in [1.82, 2.24) is 5.16 Å². The minimum atomic E-state index is -0.512. The first-order valence-corrected chi connectivity index (χ1v) is 8.64. The molecule has 0 aliphatic heterocycles. The molecule has 0 saturated heterocycles. The molecule has 29 heavy (non-hydrogen) atoms. The highest BCUT2D eigenvalue weighted by atomic mass is 16.6. The summed E-state index contributed by atoms with van der Waals surface area (Å²) >= 11 is 0. The molecule has 3 rings (SSSR count). The minimum Gasteiger partial charge on any atom is -0.493 e. The van der Waals surface area contributed by atoms with Gasteiger partial charge in [-0.3, -0.25) is 14.9 Å². The van der Waals surface area contributed by atoms with Gasteiger partial charge in [-0.1, -0.05) is 11.2 Å². The molecule has 0 aliphatic rings. The summed E-state index contributed by atoms with van der Waals surface area (Å²) < 4.78 is 15.8. The quantitative estimate of drug-likeness (QED) is 0.476. The van der Waals surface area contributed by atoms with Crippen molar-refractivity contribution in [2.24, 2.45) is 0 Å². The topological polar surface area (TPSA) is 117 Å². The van der Waals surface area contributed by atoms with Gasteiger partial charge < -0.3 is 19.3 Å². The van der Waals surface area contributed by atoms with E-state index < -0.39 is 4.92 Å². The number of ether oxygens (including phenoxy) is 2. The Labute approximate surface area is 166 Å². The zero-order valence-electron chi connectivity index (χ0n) is 16.1. The molecule has 1 heterocycles. The summed E-state index contributed by atoms with van der Waals surface area (Å²) in [5.41, 5.74) is 2.15. The third-order valence-electron chi connectivity index (χ3n) is 4.27. The van der Waals surface area contributed by atoms with E-state index in [2.05, 4.69) is 10.5 Å². The third-order valence-corrected chi connectivity index (χ3v) is 4.27. The van der Waals surface area contributed by atoms with E-state index >= 15 is 0 Å². The number of hydrogen-bond donors (Lipinski definition) is 1. The van der Waals surface area contributed by atoms with Crippen LogP contribution in [0.4, 0.5) is 11.4 Å². The Hall–Kier alpha value is -3.88. The van der Waals surface area contributed by atoms with Gasteiger partial charge >= 0.3 is 0 Å². The molecule has 1 N–H and O–H groups in total. The van der Waals surface area contributed by atoms with E-state index in [-0.39, 0.29) is 18.0 Å². The van der Waals surface area contributed by atoms with Gasteiger partial charge in [-0.25, -0.2) is 0 Å². The second kappa shape index (κ2) is 8.42. The van der Waals surface area contributed by atoms with Crippen LogP contribution in [0.25, 0.3) is 11.3 Å². The Kier molecular flexibility index (Phi) is 5.77. The first kappa shape index (κ1) is 19.9. The maximum Gasteiger partial charge on any atom is 0.271 e. The maximum absolute atomic E-state index is 12.3. The van der Waals surface area contributed by atoms with Crippen LogP contribution >= 0.6 is 0 Å². The number of carbonyl (C=O) groups is 1. The van der Waals surface area contributed by atoms with Crippen LogP contribution in [0.2, 0.25) is 0 Å². The molecule has 0 spiro atoms. The van der Waals surface area contributed by atoms with Gasteiger partial charge in [-0.2, -0.15) is 0 Å². The number of aromatic nitrogens is 1. The number of non-ortho nitro benzene ring substituents is 1. The van der Waals surface area contributed by atoms with Crippen LogP contribution in [0, 0.1) is 17.0 Å². The zero-order chi connectivity index (χ0) is 21.0. The molecule has 0 aliphatic carbocycles. The van der Waals surface area contributed by atoms with E-state index in [0.29, 0.717) is 28.6 Å². The van der Waals surface area contributed by atoms with Gasteiger partial charge in [-0.15, -0.1) is 0 Å². The average Bonchev–Trinajstić information content (AvgIpc) is 3.17. The fourth-order valence-corrected chi connectivity index (χ4v) is 2.74. The van der Waals surface area contributed by atoms with Crippen LogP contribution in [0.3, 0.4) is 0 Å². The molecule has 0 fully saturated rings. The molecule has 9 nitrogen and oxygen atoms in total. The lowest BCUT2D eigenvalue weighted by Gasteiger charge is -2.07. The van der Waals surface area contributed by atoms with Crippen molar-refractivity contribution in [3.05, 3.63) is 63.8 Å². The van der Waals surface area contributed by atoms with E-state index in [1.165, 1.54) is 19.2 Å². The Morgan fingerprint density at radius 3 is 2.59 bits per heavy atom. The van der Waals surface area contributed by atoms with Crippen LogP contribution in [0.5, 0.6) is 11.5 Å². The molecule has 0 atom stereocenters. The SMILES string of the molecule is COc1ccc(-c2cc(CC(=O)Nc3cc([N+](=O)[O-])ccc3C)no2)cc1OC. The van der Waals surface area contributed by atoms with Crippen molar-refractivity contribution in [2.45, 2.75) is 13.3 Å². The Bertz CT molecular complexity index is 1060. The van der Waals surface area contributed by atoms with Gasteiger partial charge in [-0.05, 0) is 30.7 Å². The predicted molar refractivity (Wildman–Crippen MR) is 105 cm³/mol. The summed E-state index contributed by atoms with van der Waals surface area (Å²) in [5, 5.41) is 17.5. The Balaban J connectivity index is 1.73. The number of nitro benzene ring substituents is 1. The molecule has 1 amide bonds. The summed E-state index contributed by atoms with van der Waals surface area (Å²) in [7, 11) is 3.08. The van der Waals surface area contributed by atoms with Gasteiger partial charge in [0.05, 0.1) is 36.9 Å².